The first kappa shape index (κ1) is 15.0. The van der Waals surface area contributed by atoms with Gasteiger partial charge in [0.1, 0.15) is 0 Å². The highest BCUT2D eigenvalue weighted by atomic mass is 16.5. The number of methoxy groups -OCH3 is 1. The lowest BCUT2D eigenvalue weighted by Crippen LogP contribution is -2.35. The van der Waals surface area contributed by atoms with Crippen LogP contribution < -0.4 is 10.2 Å². The van der Waals surface area contributed by atoms with E-state index in [-0.39, 0.29) is 5.54 Å². The van der Waals surface area contributed by atoms with Crippen molar-refractivity contribution >= 4 is 5.69 Å². The van der Waals surface area contributed by atoms with Crippen molar-refractivity contribution in [1.82, 2.24) is 5.32 Å². The second kappa shape index (κ2) is 6.76. The topological polar surface area (TPSA) is 24.5 Å². The molecule has 1 aromatic carbocycles. The van der Waals surface area contributed by atoms with Crippen molar-refractivity contribution in [2.45, 2.75) is 32.9 Å². The molecule has 0 saturated heterocycles. The van der Waals surface area contributed by atoms with Crippen LogP contribution >= 0.6 is 0 Å². The van der Waals surface area contributed by atoms with E-state index in [2.05, 4.69) is 62.3 Å². The third-order valence-electron chi connectivity index (χ3n) is 2.83. The molecule has 0 aliphatic carbocycles. The Kier molecular flexibility index (Phi) is 5.63. The highest BCUT2D eigenvalue weighted by Gasteiger charge is 2.08. The molecule has 1 N–H and O–H groups in total. The van der Waals surface area contributed by atoms with Crippen LogP contribution in [0.15, 0.2) is 24.3 Å². The molecule has 0 amide bonds. The number of hydrogen-bond donors (Lipinski definition) is 1. The smallest absolute Gasteiger partial charge is 0.0637 e. The molecule has 0 aliphatic rings. The number of benzene rings is 1. The standard InChI is InChI=1S/C15H26N2O/c1-15(2,3)16-12-13-6-8-14(9-7-13)17(4)10-11-18-5/h6-9,16H,10-12H2,1-5H3. The van der Waals surface area contributed by atoms with Crippen LogP contribution in [0.3, 0.4) is 0 Å². The molecule has 0 spiro atoms. The number of likely N-dealkylation sites (N-methyl/N-ethyl adjacent to an activating group) is 1. The fourth-order valence-corrected chi connectivity index (χ4v) is 1.59. The van der Waals surface area contributed by atoms with Gasteiger partial charge in [-0.15, -0.1) is 0 Å². The molecule has 0 heterocycles. The van der Waals surface area contributed by atoms with Crippen LogP contribution in [-0.4, -0.2) is 32.8 Å². The summed E-state index contributed by atoms with van der Waals surface area (Å²) in [4.78, 5) is 2.20. The summed E-state index contributed by atoms with van der Waals surface area (Å²) in [6.07, 6.45) is 0. The Balaban J connectivity index is 2.52. The van der Waals surface area contributed by atoms with Gasteiger partial charge in [-0.1, -0.05) is 12.1 Å². The first-order valence-electron chi connectivity index (χ1n) is 6.46. The van der Waals surface area contributed by atoms with Gasteiger partial charge in [0.25, 0.3) is 0 Å². The van der Waals surface area contributed by atoms with Crippen LogP contribution in [0.25, 0.3) is 0 Å². The van der Waals surface area contributed by atoms with E-state index >= 15 is 0 Å². The first-order chi connectivity index (χ1) is 8.42. The van der Waals surface area contributed by atoms with Crippen LogP contribution in [0.5, 0.6) is 0 Å². The van der Waals surface area contributed by atoms with Gasteiger partial charge in [-0.3, -0.25) is 0 Å². The minimum atomic E-state index is 0.161. The van der Waals surface area contributed by atoms with Gasteiger partial charge in [-0.2, -0.15) is 0 Å². The maximum atomic E-state index is 5.08. The summed E-state index contributed by atoms with van der Waals surface area (Å²) in [5.74, 6) is 0. The third kappa shape index (κ3) is 5.52. The van der Waals surface area contributed by atoms with Crippen LogP contribution in [0.4, 0.5) is 5.69 Å². The van der Waals surface area contributed by atoms with E-state index in [4.69, 9.17) is 4.74 Å². The average molecular weight is 250 g/mol. The fourth-order valence-electron chi connectivity index (χ4n) is 1.59. The quantitative estimate of drug-likeness (QED) is 0.840. The normalized spacial score (nSPS) is 11.6. The van der Waals surface area contributed by atoms with E-state index in [1.807, 2.05) is 0 Å². The number of hydrogen-bond acceptors (Lipinski definition) is 3. The highest BCUT2D eigenvalue weighted by Crippen LogP contribution is 2.14. The molecular formula is C15H26N2O. The van der Waals surface area contributed by atoms with Crippen molar-refractivity contribution in [3.8, 4) is 0 Å². The zero-order valence-corrected chi connectivity index (χ0v) is 12.3. The molecule has 3 heteroatoms. The third-order valence-corrected chi connectivity index (χ3v) is 2.83. The Morgan fingerprint density at radius 1 is 1.17 bits per heavy atom. The Bertz CT molecular complexity index is 341. The van der Waals surface area contributed by atoms with E-state index in [1.54, 1.807) is 7.11 Å². The summed E-state index contributed by atoms with van der Waals surface area (Å²) < 4.78 is 5.08. The molecule has 0 aliphatic heterocycles. The maximum absolute atomic E-state index is 5.08. The van der Waals surface area contributed by atoms with Crippen molar-refractivity contribution in [2.24, 2.45) is 0 Å². The minimum Gasteiger partial charge on any atom is -0.383 e. The molecule has 1 aromatic rings. The van der Waals surface area contributed by atoms with Gasteiger partial charge in [0.05, 0.1) is 6.61 Å². The lowest BCUT2D eigenvalue weighted by atomic mass is 10.1. The molecular weight excluding hydrogens is 224 g/mol. The van der Waals surface area contributed by atoms with Crippen LogP contribution in [0.1, 0.15) is 26.3 Å². The van der Waals surface area contributed by atoms with Gasteiger partial charge in [0.15, 0.2) is 0 Å². The first-order valence-corrected chi connectivity index (χ1v) is 6.46. The molecule has 0 radical (unpaired) electrons. The lowest BCUT2D eigenvalue weighted by molar-refractivity contribution is 0.206. The predicted octanol–water partition coefficient (Wildman–Crippen LogP) is 2.66. The molecule has 0 bridgehead atoms. The molecule has 0 saturated carbocycles. The Hall–Kier alpha value is -1.06. The zero-order valence-electron chi connectivity index (χ0n) is 12.3. The molecule has 3 nitrogen and oxygen atoms in total. The SMILES string of the molecule is COCCN(C)c1ccc(CNC(C)(C)C)cc1. The summed E-state index contributed by atoms with van der Waals surface area (Å²) in [5, 5.41) is 3.49. The fraction of sp³-hybridized carbons (Fsp3) is 0.600. The second-order valence-corrected chi connectivity index (χ2v) is 5.68. The van der Waals surface area contributed by atoms with E-state index < -0.39 is 0 Å². The summed E-state index contributed by atoms with van der Waals surface area (Å²) >= 11 is 0. The van der Waals surface area contributed by atoms with E-state index in [0.29, 0.717) is 0 Å². The summed E-state index contributed by atoms with van der Waals surface area (Å²) in [6, 6.07) is 8.68. The minimum absolute atomic E-state index is 0.161. The van der Waals surface area contributed by atoms with Crippen LogP contribution in [0.2, 0.25) is 0 Å². The van der Waals surface area contributed by atoms with Crippen molar-refractivity contribution in [3.05, 3.63) is 29.8 Å². The zero-order chi connectivity index (χ0) is 13.6. The van der Waals surface area contributed by atoms with Gasteiger partial charge in [-0.05, 0) is 38.5 Å². The van der Waals surface area contributed by atoms with Crippen molar-refractivity contribution < 1.29 is 4.74 Å². The number of nitrogens with one attached hydrogen (secondary N) is 1. The molecule has 0 unspecified atom stereocenters. The average Bonchev–Trinajstić information content (AvgIpc) is 2.33. The largest absolute Gasteiger partial charge is 0.383 e. The summed E-state index contributed by atoms with van der Waals surface area (Å²) in [6.45, 7) is 9.12. The van der Waals surface area contributed by atoms with E-state index in [0.717, 1.165) is 19.7 Å². The van der Waals surface area contributed by atoms with Gasteiger partial charge >= 0.3 is 0 Å². The number of anilines is 1. The van der Waals surface area contributed by atoms with Gasteiger partial charge in [0, 0.05) is 38.5 Å². The lowest BCUT2D eigenvalue weighted by Gasteiger charge is -2.22. The maximum Gasteiger partial charge on any atom is 0.0637 e. The van der Waals surface area contributed by atoms with Crippen LogP contribution in [0, 0.1) is 0 Å². The summed E-state index contributed by atoms with van der Waals surface area (Å²) in [5.41, 5.74) is 2.70. The van der Waals surface area contributed by atoms with Crippen molar-refractivity contribution in [2.75, 3.05) is 32.2 Å². The van der Waals surface area contributed by atoms with Gasteiger partial charge < -0.3 is 15.0 Å². The molecule has 0 atom stereocenters. The van der Waals surface area contributed by atoms with E-state index in [1.165, 1.54) is 11.3 Å². The van der Waals surface area contributed by atoms with E-state index in [9.17, 15) is 0 Å². The highest BCUT2D eigenvalue weighted by molar-refractivity contribution is 5.46. The Morgan fingerprint density at radius 2 is 1.78 bits per heavy atom. The summed E-state index contributed by atoms with van der Waals surface area (Å²) in [7, 11) is 3.82. The molecule has 102 valence electrons. The van der Waals surface area contributed by atoms with Gasteiger partial charge in [-0.25, -0.2) is 0 Å². The van der Waals surface area contributed by atoms with Gasteiger partial charge in [0.2, 0.25) is 0 Å². The predicted molar refractivity (Wildman–Crippen MR) is 78.2 cm³/mol. The number of nitrogens with zero attached hydrogens (tertiary/aromatic N) is 1. The second-order valence-electron chi connectivity index (χ2n) is 5.68. The van der Waals surface area contributed by atoms with Crippen molar-refractivity contribution in [1.29, 1.82) is 0 Å². The monoisotopic (exact) mass is 250 g/mol. The molecule has 0 aromatic heterocycles. The number of rotatable bonds is 6. The van der Waals surface area contributed by atoms with Crippen LogP contribution in [-0.2, 0) is 11.3 Å². The Labute approximate surface area is 111 Å². The molecule has 1 rings (SSSR count). The number of ether oxygens (including phenoxy) is 1. The molecule has 18 heavy (non-hydrogen) atoms. The molecule has 0 fully saturated rings. The van der Waals surface area contributed by atoms with Crippen molar-refractivity contribution in [3.63, 3.8) is 0 Å². The Morgan fingerprint density at radius 3 is 2.28 bits per heavy atom.